The molecule has 0 spiro atoms. The van der Waals surface area contributed by atoms with Crippen molar-refractivity contribution in [3.05, 3.63) is 36.5 Å². The molecule has 4 heteroatoms. The molecule has 2 aromatic heterocycles. The van der Waals surface area contributed by atoms with Gasteiger partial charge in [-0.3, -0.25) is 4.98 Å². The van der Waals surface area contributed by atoms with E-state index >= 15 is 0 Å². The van der Waals surface area contributed by atoms with Crippen LogP contribution in [0.1, 0.15) is 12.0 Å². The Hall–Kier alpha value is -1.68. The average molecular weight is 203 g/mol. The van der Waals surface area contributed by atoms with Crippen molar-refractivity contribution >= 4 is 0 Å². The van der Waals surface area contributed by atoms with Crippen molar-refractivity contribution in [1.29, 1.82) is 0 Å². The molecular weight excluding hydrogens is 190 g/mol. The van der Waals surface area contributed by atoms with Crippen LogP contribution in [-0.2, 0) is 6.42 Å². The molecule has 0 aliphatic heterocycles. The van der Waals surface area contributed by atoms with Crippen LogP contribution in [0.2, 0.25) is 0 Å². The molecule has 2 aromatic rings. The van der Waals surface area contributed by atoms with Gasteiger partial charge in [0.1, 0.15) is 6.26 Å². The Balaban J connectivity index is 2.30. The molecule has 0 bridgehead atoms. The average Bonchev–Trinajstić information content (AvgIpc) is 2.80. The van der Waals surface area contributed by atoms with Crippen LogP contribution in [0.5, 0.6) is 0 Å². The molecule has 78 valence electrons. The van der Waals surface area contributed by atoms with E-state index < -0.39 is 0 Å². The number of nitrogens with two attached hydrogens (primary N) is 1. The Labute approximate surface area is 88.1 Å². The normalized spacial score (nSPS) is 10.5. The van der Waals surface area contributed by atoms with E-state index in [0.29, 0.717) is 6.54 Å². The van der Waals surface area contributed by atoms with Crippen molar-refractivity contribution in [2.75, 3.05) is 6.54 Å². The van der Waals surface area contributed by atoms with Crippen LogP contribution in [0.3, 0.4) is 0 Å². The summed E-state index contributed by atoms with van der Waals surface area (Å²) in [6.07, 6.45) is 8.89. The maximum atomic E-state index is 5.49. The molecular formula is C11H13N3O. The molecule has 2 heterocycles. The third-order valence-electron chi connectivity index (χ3n) is 2.30. The lowest BCUT2D eigenvalue weighted by atomic mass is 10.0. The van der Waals surface area contributed by atoms with Gasteiger partial charge in [-0.1, -0.05) is 5.16 Å². The third-order valence-corrected chi connectivity index (χ3v) is 2.30. The predicted molar refractivity (Wildman–Crippen MR) is 57.1 cm³/mol. The van der Waals surface area contributed by atoms with E-state index in [4.69, 9.17) is 10.3 Å². The SMILES string of the molecule is NCCCc1cnccc1-c1cnoc1. The fraction of sp³-hybridized carbons (Fsp3) is 0.273. The molecule has 15 heavy (non-hydrogen) atoms. The summed E-state index contributed by atoms with van der Waals surface area (Å²) >= 11 is 0. The van der Waals surface area contributed by atoms with Gasteiger partial charge in [-0.25, -0.2) is 0 Å². The summed E-state index contributed by atoms with van der Waals surface area (Å²) in [6, 6.07) is 1.97. The van der Waals surface area contributed by atoms with Gasteiger partial charge in [-0.15, -0.1) is 0 Å². The molecule has 0 saturated carbocycles. The van der Waals surface area contributed by atoms with Crippen LogP contribution >= 0.6 is 0 Å². The summed E-state index contributed by atoms with van der Waals surface area (Å²) in [5, 5.41) is 3.70. The lowest BCUT2D eigenvalue weighted by molar-refractivity contribution is 0.420. The number of aromatic nitrogens is 2. The van der Waals surface area contributed by atoms with Crippen molar-refractivity contribution in [3.63, 3.8) is 0 Å². The molecule has 0 aromatic carbocycles. The fourth-order valence-corrected chi connectivity index (χ4v) is 1.54. The second-order valence-corrected chi connectivity index (χ2v) is 3.34. The molecule has 0 atom stereocenters. The Morgan fingerprint density at radius 2 is 2.27 bits per heavy atom. The molecule has 0 fully saturated rings. The van der Waals surface area contributed by atoms with Crippen LogP contribution in [0.4, 0.5) is 0 Å². The van der Waals surface area contributed by atoms with Gasteiger partial charge in [0.05, 0.1) is 6.20 Å². The zero-order valence-corrected chi connectivity index (χ0v) is 8.39. The topological polar surface area (TPSA) is 64.9 Å². The summed E-state index contributed by atoms with van der Waals surface area (Å²) in [6.45, 7) is 0.692. The zero-order chi connectivity index (χ0) is 10.5. The number of rotatable bonds is 4. The number of aryl methyl sites for hydroxylation is 1. The second kappa shape index (κ2) is 4.70. The van der Waals surface area contributed by atoms with Crippen molar-refractivity contribution in [3.8, 4) is 11.1 Å². The van der Waals surface area contributed by atoms with Crippen LogP contribution in [0, 0.1) is 0 Å². The van der Waals surface area contributed by atoms with Gasteiger partial charge in [0.15, 0.2) is 0 Å². The van der Waals surface area contributed by atoms with Gasteiger partial charge in [0.25, 0.3) is 0 Å². The minimum Gasteiger partial charge on any atom is -0.364 e. The molecule has 0 unspecified atom stereocenters. The third kappa shape index (κ3) is 2.22. The molecule has 0 aliphatic rings. The number of hydrogen-bond acceptors (Lipinski definition) is 4. The molecule has 0 radical (unpaired) electrons. The van der Waals surface area contributed by atoms with E-state index in [9.17, 15) is 0 Å². The van der Waals surface area contributed by atoms with Gasteiger partial charge in [-0.05, 0) is 36.6 Å². The minimum absolute atomic E-state index is 0.692. The van der Waals surface area contributed by atoms with Gasteiger partial charge in [-0.2, -0.15) is 0 Å². The Kier molecular flexibility index (Phi) is 3.09. The lowest BCUT2D eigenvalue weighted by Gasteiger charge is -2.05. The molecule has 2 rings (SSSR count). The maximum Gasteiger partial charge on any atom is 0.131 e. The zero-order valence-electron chi connectivity index (χ0n) is 8.39. The van der Waals surface area contributed by atoms with Crippen LogP contribution < -0.4 is 5.73 Å². The van der Waals surface area contributed by atoms with Gasteiger partial charge in [0, 0.05) is 18.0 Å². The smallest absolute Gasteiger partial charge is 0.131 e. The first-order valence-electron chi connectivity index (χ1n) is 4.94. The number of hydrogen-bond donors (Lipinski definition) is 1. The van der Waals surface area contributed by atoms with Crippen LogP contribution in [0.25, 0.3) is 11.1 Å². The first-order valence-corrected chi connectivity index (χ1v) is 4.94. The van der Waals surface area contributed by atoms with Crippen LogP contribution in [0.15, 0.2) is 35.4 Å². The summed E-state index contributed by atoms with van der Waals surface area (Å²) in [5.74, 6) is 0. The predicted octanol–water partition coefficient (Wildman–Crippen LogP) is 1.63. The Morgan fingerprint density at radius 1 is 1.33 bits per heavy atom. The van der Waals surface area contributed by atoms with Gasteiger partial charge < -0.3 is 10.3 Å². The summed E-state index contributed by atoms with van der Waals surface area (Å²) in [7, 11) is 0. The van der Waals surface area contributed by atoms with E-state index in [2.05, 4.69) is 10.1 Å². The van der Waals surface area contributed by atoms with Gasteiger partial charge in [0.2, 0.25) is 0 Å². The summed E-state index contributed by atoms with van der Waals surface area (Å²) < 4.78 is 4.83. The van der Waals surface area contributed by atoms with E-state index in [0.717, 1.165) is 24.0 Å². The fourth-order valence-electron chi connectivity index (χ4n) is 1.54. The van der Waals surface area contributed by atoms with Crippen LogP contribution in [-0.4, -0.2) is 16.7 Å². The van der Waals surface area contributed by atoms with Gasteiger partial charge >= 0.3 is 0 Å². The van der Waals surface area contributed by atoms with E-state index in [1.165, 1.54) is 5.56 Å². The first kappa shape index (κ1) is 9.86. The monoisotopic (exact) mass is 203 g/mol. The van der Waals surface area contributed by atoms with E-state index in [1.54, 1.807) is 18.7 Å². The molecule has 0 aliphatic carbocycles. The van der Waals surface area contributed by atoms with E-state index in [-0.39, 0.29) is 0 Å². The molecule has 0 amide bonds. The Morgan fingerprint density at radius 3 is 3.00 bits per heavy atom. The second-order valence-electron chi connectivity index (χ2n) is 3.34. The van der Waals surface area contributed by atoms with E-state index in [1.807, 2.05) is 12.3 Å². The number of nitrogens with zero attached hydrogens (tertiary/aromatic N) is 2. The summed E-state index contributed by atoms with van der Waals surface area (Å²) in [4.78, 5) is 4.12. The highest BCUT2D eigenvalue weighted by Gasteiger charge is 2.06. The van der Waals surface area contributed by atoms with Crippen molar-refractivity contribution in [2.24, 2.45) is 5.73 Å². The van der Waals surface area contributed by atoms with Crippen molar-refractivity contribution in [2.45, 2.75) is 12.8 Å². The Bertz CT molecular complexity index is 412. The highest BCUT2D eigenvalue weighted by molar-refractivity contribution is 5.64. The highest BCUT2D eigenvalue weighted by Crippen LogP contribution is 2.22. The molecule has 0 saturated heterocycles. The standard InChI is InChI=1S/C11H13N3O/c12-4-1-2-9-6-13-5-3-11(9)10-7-14-15-8-10/h3,5-8H,1-2,4,12H2. The lowest BCUT2D eigenvalue weighted by Crippen LogP contribution is -2.01. The number of pyridine rings is 1. The molecule has 4 nitrogen and oxygen atoms in total. The maximum absolute atomic E-state index is 5.49. The highest BCUT2D eigenvalue weighted by atomic mass is 16.5. The first-order chi connectivity index (χ1) is 7.42. The quantitative estimate of drug-likeness (QED) is 0.820. The molecule has 2 N–H and O–H groups in total. The minimum atomic E-state index is 0.692. The van der Waals surface area contributed by atoms with Crippen molar-refractivity contribution < 1.29 is 4.52 Å². The summed E-state index contributed by atoms with van der Waals surface area (Å²) in [5.41, 5.74) is 8.80. The largest absolute Gasteiger partial charge is 0.364 e. The van der Waals surface area contributed by atoms with Crippen molar-refractivity contribution in [1.82, 2.24) is 10.1 Å².